The van der Waals surface area contributed by atoms with Crippen LogP contribution < -0.4 is 11.1 Å². The van der Waals surface area contributed by atoms with Crippen molar-refractivity contribution in [2.24, 2.45) is 11.7 Å². The maximum atomic E-state index is 11.2. The van der Waals surface area contributed by atoms with Crippen molar-refractivity contribution in [2.45, 2.75) is 12.8 Å². The Balaban J connectivity index is 2.24. The molecule has 0 atom stereocenters. The standard InChI is InChI=1S/C8H12N2O2/c9-7(11)5-10-8(12)6-3-1-2-4-6/h1-2,6H,3-5H2,(H2,9,11)(H,10,12). The molecule has 66 valence electrons. The van der Waals surface area contributed by atoms with E-state index < -0.39 is 5.91 Å². The number of nitrogens with two attached hydrogens (primary N) is 1. The number of hydrogen-bond acceptors (Lipinski definition) is 2. The first kappa shape index (κ1) is 8.77. The summed E-state index contributed by atoms with van der Waals surface area (Å²) in [5.74, 6) is -0.586. The van der Waals surface area contributed by atoms with Crippen LogP contribution in [-0.4, -0.2) is 18.4 Å². The van der Waals surface area contributed by atoms with Gasteiger partial charge in [0.25, 0.3) is 0 Å². The van der Waals surface area contributed by atoms with Crippen LogP contribution in [0.3, 0.4) is 0 Å². The third-order valence-electron chi connectivity index (χ3n) is 1.82. The van der Waals surface area contributed by atoms with Gasteiger partial charge in [0.1, 0.15) is 0 Å². The zero-order valence-electron chi connectivity index (χ0n) is 6.75. The maximum absolute atomic E-state index is 11.2. The van der Waals surface area contributed by atoms with Gasteiger partial charge >= 0.3 is 0 Å². The Morgan fingerprint density at radius 3 is 2.50 bits per heavy atom. The largest absolute Gasteiger partial charge is 0.368 e. The number of primary amides is 1. The third kappa shape index (κ3) is 2.38. The fourth-order valence-electron chi connectivity index (χ4n) is 1.15. The number of rotatable bonds is 3. The van der Waals surface area contributed by atoms with E-state index in [9.17, 15) is 9.59 Å². The van der Waals surface area contributed by atoms with Crippen LogP contribution in [0.5, 0.6) is 0 Å². The van der Waals surface area contributed by atoms with Gasteiger partial charge in [-0.2, -0.15) is 0 Å². The van der Waals surface area contributed by atoms with Crippen LogP contribution >= 0.6 is 0 Å². The molecule has 3 N–H and O–H groups in total. The minimum Gasteiger partial charge on any atom is -0.368 e. The number of nitrogens with one attached hydrogen (secondary N) is 1. The van der Waals surface area contributed by atoms with Crippen molar-refractivity contribution in [1.82, 2.24) is 5.32 Å². The Labute approximate surface area is 70.8 Å². The molecular weight excluding hydrogens is 156 g/mol. The molecule has 2 amide bonds. The van der Waals surface area contributed by atoms with Gasteiger partial charge in [0.2, 0.25) is 11.8 Å². The second-order valence-corrected chi connectivity index (χ2v) is 2.82. The first-order valence-electron chi connectivity index (χ1n) is 3.91. The van der Waals surface area contributed by atoms with Crippen LogP contribution in [0.15, 0.2) is 12.2 Å². The lowest BCUT2D eigenvalue weighted by Gasteiger charge is -2.07. The molecule has 0 aromatic rings. The van der Waals surface area contributed by atoms with E-state index in [1.54, 1.807) is 0 Å². The summed E-state index contributed by atoms with van der Waals surface area (Å²) in [4.78, 5) is 21.5. The summed E-state index contributed by atoms with van der Waals surface area (Å²) in [5, 5.41) is 2.47. The molecule has 1 aliphatic rings. The number of amides is 2. The van der Waals surface area contributed by atoms with E-state index in [1.807, 2.05) is 12.2 Å². The van der Waals surface area contributed by atoms with E-state index >= 15 is 0 Å². The van der Waals surface area contributed by atoms with Crippen molar-refractivity contribution in [3.05, 3.63) is 12.2 Å². The van der Waals surface area contributed by atoms with Crippen LogP contribution in [0.25, 0.3) is 0 Å². The van der Waals surface area contributed by atoms with Crippen LogP contribution in [0.4, 0.5) is 0 Å². The van der Waals surface area contributed by atoms with E-state index in [4.69, 9.17) is 5.73 Å². The molecule has 0 heterocycles. The summed E-state index contributed by atoms with van der Waals surface area (Å²) >= 11 is 0. The van der Waals surface area contributed by atoms with Gasteiger partial charge in [0.15, 0.2) is 0 Å². The minimum atomic E-state index is -0.505. The Hall–Kier alpha value is -1.32. The average Bonchev–Trinajstić information content (AvgIpc) is 2.51. The van der Waals surface area contributed by atoms with Crippen LogP contribution in [0.1, 0.15) is 12.8 Å². The van der Waals surface area contributed by atoms with Crippen LogP contribution in [0, 0.1) is 5.92 Å². The molecule has 0 saturated heterocycles. The summed E-state index contributed by atoms with van der Waals surface area (Å²) in [6, 6.07) is 0. The van der Waals surface area contributed by atoms with E-state index in [1.165, 1.54) is 0 Å². The fraction of sp³-hybridized carbons (Fsp3) is 0.500. The summed E-state index contributed by atoms with van der Waals surface area (Å²) in [7, 11) is 0. The fourth-order valence-corrected chi connectivity index (χ4v) is 1.15. The Kier molecular flexibility index (Phi) is 2.85. The molecule has 1 rings (SSSR count). The molecule has 1 aliphatic carbocycles. The van der Waals surface area contributed by atoms with Crippen molar-refractivity contribution in [3.8, 4) is 0 Å². The molecule has 0 aromatic heterocycles. The predicted octanol–water partition coefficient (Wildman–Crippen LogP) is -0.446. The van der Waals surface area contributed by atoms with Crippen molar-refractivity contribution >= 4 is 11.8 Å². The summed E-state index contributed by atoms with van der Waals surface area (Å²) in [6.07, 6.45) is 5.47. The summed E-state index contributed by atoms with van der Waals surface area (Å²) in [5.41, 5.74) is 4.87. The zero-order valence-corrected chi connectivity index (χ0v) is 6.75. The van der Waals surface area contributed by atoms with Crippen molar-refractivity contribution < 1.29 is 9.59 Å². The molecule has 0 fully saturated rings. The molecule has 0 unspecified atom stereocenters. The first-order chi connectivity index (χ1) is 5.70. The maximum Gasteiger partial charge on any atom is 0.236 e. The summed E-state index contributed by atoms with van der Waals surface area (Å²) < 4.78 is 0. The smallest absolute Gasteiger partial charge is 0.236 e. The van der Waals surface area contributed by atoms with E-state index in [-0.39, 0.29) is 18.4 Å². The van der Waals surface area contributed by atoms with Gasteiger partial charge in [-0.15, -0.1) is 0 Å². The average molecular weight is 168 g/mol. The lowest BCUT2D eigenvalue weighted by atomic mass is 10.1. The first-order valence-corrected chi connectivity index (χ1v) is 3.91. The van der Waals surface area contributed by atoms with Crippen LogP contribution in [0.2, 0.25) is 0 Å². The monoisotopic (exact) mass is 168 g/mol. The van der Waals surface area contributed by atoms with Crippen LogP contribution in [-0.2, 0) is 9.59 Å². The second kappa shape index (κ2) is 3.90. The lowest BCUT2D eigenvalue weighted by molar-refractivity contribution is -0.127. The van der Waals surface area contributed by atoms with Crippen molar-refractivity contribution in [3.63, 3.8) is 0 Å². The highest BCUT2D eigenvalue weighted by Gasteiger charge is 2.18. The third-order valence-corrected chi connectivity index (χ3v) is 1.82. The highest BCUT2D eigenvalue weighted by molar-refractivity contribution is 5.85. The molecule has 12 heavy (non-hydrogen) atoms. The van der Waals surface area contributed by atoms with Gasteiger partial charge in [0.05, 0.1) is 6.54 Å². The van der Waals surface area contributed by atoms with Gasteiger partial charge in [-0.25, -0.2) is 0 Å². The highest BCUT2D eigenvalue weighted by Crippen LogP contribution is 2.17. The quantitative estimate of drug-likeness (QED) is 0.560. The molecule has 0 radical (unpaired) electrons. The van der Waals surface area contributed by atoms with Crippen molar-refractivity contribution in [1.29, 1.82) is 0 Å². The Morgan fingerprint density at radius 1 is 1.42 bits per heavy atom. The second-order valence-electron chi connectivity index (χ2n) is 2.82. The molecular formula is C8H12N2O2. The number of carbonyl (C=O) groups is 2. The van der Waals surface area contributed by atoms with E-state index in [2.05, 4.69) is 5.32 Å². The molecule has 0 spiro atoms. The van der Waals surface area contributed by atoms with Gasteiger partial charge in [0, 0.05) is 5.92 Å². The number of allylic oxidation sites excluding steroid dienone is 2. The van der Waals surface area contributed by atoms with Crippen molar-refractivity contribution in [2.75, 3.05) is 6.54 Å². The van der Waals surface area contributed by atoms with E-state index in [0.29, 0.717) is 0 Å². The SMILES string of the molecule is NC(=O)CNC(=O)C1CC=CC1. The molecule has 4 heteroatoms. The number of carbonyl (C=O) groups excluding carboxylic acids is 2. The van der Waals surface area contributed by atoms with Gasteiger partial charge < -0.3 is 11.1 Å². The molecule has 4 nitrogen and oxygen atoms in total. The van der Waals surface area contributed by atoms with Gasteiger partial charge in [-0.3, -0.25) is 9.59 Å². The molecule has 0 aromatic carbocycles. The molecule has 0 saturated carbocycles. The van der Waals surface area contributed by atoms with E-state index in [0.717, 1.165) is 12.8 Å². The minimum absolute atomic E-state index is 0.00403. The normalized spacial score (nSPS) is 16.3. The Bertz CT molecular complexity index is 215. The highest BCUT2D eigenvalue weighted by atomic mass is 16.2. The van der Waals surface area contributed by atoms with Gasteiger partial charge in [-0.05, 0) is 12.8 Å². The topological polar surface area (TPSA) is 72.2 Å². The number of hydrogen-bond donors (Lipinski definition) is 2. The Morgan fingerprint density at radius 2 is 2.00 bits per heavy atom. The zero-order chi connectivity index (χ0) is 8.97. The predicted molar refractivity (Wildman–Crippen MR) is 44.1 cm³/mol. The molecule has 0 bridgehead atoms. The van der Waals surface area contributed by atoms with Gasteiger partial charge in [-0.1, -0.05) is 12.2 Å². The molecule has 0 aliphatic heterocycles. The summed E-state index contributed by atoms with van der Waals surface area (Å²) in [6.45, 7) is -0.0602. The lowest BCUT2D eigenvalue weighted by Crippen LogP contribution is -2.36.